The Labute approximate surface area is 272 Å². The molecule has 2 aromatic carbocycles. The van der Waals surface area contributed by atoms with Gasteiger partial charge in [-0.15, -0.1) is 0 Å². The number of ether oxygens (including phenoxy) is 1. The number of hydrogen-bond acceptors (Lipinski definition) is 7. The van der Waals surface area contributed by atoms with Gasteiger partial charge in [0.1, 0.15) is 0 Å². The van der Waals surface area contributed by atoms with Gasteiger partial charge in [0.15, 0.2) is 0 Å². The Balaban J connectivity index is 1.36. The molecule has 10 nitrogen and oxygen atoms in total. The number of piperazine rings is 1. The molecular formula is C34H45AsN6O4. The van der Waals surface area contributed by atoms with Gasteiger partial charge in [0.25, 0.3) is 0 Å². The number of nitrogens with one attached hydrogen (secondary N) is 1. The number of fused-ring (bicyclic) bond motifs is 1. The number of likely N-dealkylation sites (N-methyl/N-ethyl adjacent to an activating group) is 1. The SMILES string of the molecule is CCc1cccc(CC)c1NC(=O)N1Cc2c([AsH]C(=O)c3ccc(N4CCN(C)CC4)cc3)nn(C(=O)OCC(C)(C)C)c2C1. The van der Waals surface area contributed by atoms with Crippen LogP contribution in [-0.2, 0) is 30.7 Å². The van der Waals surface area contributed by atoms with Gasteiger partial charge in [0.05, 0.1) is 0 Å². The van der Waals surface area contributed by atoms with E-state index in [1.807, 2.05) is 63.2 Å². The summed E-state index contributed by atoms with van der Waals surface area (Å²) in [5, 5.41) is 7.77. The molecule has 45 heavy (non-hydrogen) atoms. The molecule has 3 heterocycles. The number of nitrogens with zero attached hydrogens (tertiary/aromatic N) is 5. The van der Waals surface area contributed by atoms with Crippen LogP contribution in [0.25, 0.3) is 0 Å². The summed E-state index contributed by atoms with van der Waals surface area (Å²) in [6.07, 6.45) is 1.01. The fraction of sp³-hybridized carbons (Fsp3) is 0.471. The van der Waals surface area contributed by atoms with Crippen LogP contribution in [0.4, 0.5) is 21.0 Å². The summed E-state index contributed by atoms with van der Waals surface area (Å²) >= 11 is -1.42. The number of aryl methyl sites for hydroxylation is 2. The number of carbonyl (C=O) groups excluding carboxylic acids is 3. The Hall–Kier alpha value is -3.62. The van der Waals surface area contributed by atoms with Crippen LogP contribution in [-0.4, -0.2) is 91.9 Å². The Morgan fingerprint density at radius 3 is 2.18 bits per heavy atom. The van der Waals surface area contributed by atoms with Gasteiger partial charge in [-0.3, -0.25) is 0 Å². The second-order valence-corrected chi connectivity index (χ2v) is 15.5. The summed E-state index contributed by atoms with van der Waals surface area (Å²) < 4.78 is 7.53. The van der Waals surface area contributed by atoms with Gasteiger partial charge in [0.2, 0.25) is 0 Å². The van der Waals surface area contributed by atoms with Crippen LogP contribution in [0.15, 0.2) is 42.5 Å². The third-order valence-corrected chi connectivity index (χ3v) is 10.8. The Bertz CT molecular complexity index is 1530. The zero-order chi connectivity index (χ0) is 32.3. The minimum atomic E-state index is -1.42. The van der Waals surface area contributed by atoms with Crippen molar-refractivity contribution in [1.29, 1.82) is 0 Å². The third-order valence-electron chi connectivity index (χ3n) is 8.33. The van der Waals surface area contributed by atoms with Gasteiger partial charge >= 0.3 is 273 Å². The molecule has 1 fully saturated rings. The molecule has 0 spiro atoms. The number of hydrogen-bond donors (Lipinski definition) is 1. The van der Waals surface area contributed by atoms with Crippen molar-refractivity contribution >= 4 is 48.3 Å². The normalized spacial score (nSPS) is 15.5. The standard InChI is InChI=1S/C34H45AsN6O4/c1-7-23-10-9-11-24(8-2)29(23)36-32(43)40-20-27-28(21-40)41(33(44)45-22-34(3,4)5)37-30(27)35-31(42)25-12-14-26(15-13-25)39-18-16-38(6)17-19-39/h9-15,35H,7-8,16-22H2,1-6H3,(H,36,43). The fourth-order valence-electron chi connectivity index (χ4n) is 5.63. The number of aromatic nitrogens is 2. The summed E-state index contributed by atoms with van der Waals surface area (Å²) in [6.45, 7) is 14.8. The Morgan fingerprint density at radius 1 is 0.933 bits per heavy atom. The molecule has 1 saturated heterocycles. The van der Waals surface area contributed by atoms with Crippen molar-refractivity contribution in [1.82, 2.24) is 19.6 Å². The van der Waals surface area contributed by atoms with E-state index in [4.69, 9.17) is 4.74 Å². The number of carbonyl (C=O) groups is 3. The maximum atomic E-state index is 13.6. The number of urea groups is 1. The summed E-state index contributed by atoms with van der Waals surface area (Å²) in [5.41, 5.74) is 5.93. The molecule has 11 heteroatoms. The van der Waals surface area contributed by atoms with E-state index < -0.39 is 21.8 Å². The molecule has 240 valence electrons. The first-order valence-corrected chi connectivity index (χ1v) is 17.9. The van der Waals surface area contributed by atoms with Crippen molar-refractivity contribution in [2.24, 2.45) is 5.41 Å². The van der Waals surface area contributed by atoms with E-state index in [0.29, 0.717) is 15.7 Å². The van der Waals surface area contributed by atoms with E-state index in [1.165, 1.54) is 4.68 Å². The molecule has 1 atom stereocenters. The number of benzene rings is 2. The molecular weight excluding hydrogens is 631 g/mol. The molecule has 1 N–H and O–H groups in total. The number of anilines is 2. The second-order valence-electron chi connectivity index (χ2n) is 13.0. The second kappa shape index (κ2) is 13.8. The maximum absolute atomic E-state index is 13.6. The van der Waals surface area contributed by atoms with E-state index in [0.717, 1.165) is 67.1 Å². The Kier molecular flexibility index (Phi) is 10.0. The average Bonchev–Trinajstić information content (AvgIpc) is 3.60. The quantitative estimate of drug-likeness (QED) is 0.357. The van der Waals surface area contributed by atoms with Crippen LogP contribution < -0.4 is 14.7 Å². The summed E-state index contributed by atoms with van der Waals surface area (Å²) in [5.74, 6) is 0. The van der Waals surface area contributed by atoms with Crippen molar-refractivity contribution in [3.8, 4) is 0 Å². The topological polar surface area (TPSA) is 100 Å². The molecule has 0 bridgehead atoms. The van der Waals surface area contributed by atoms with Gasteiger partial charge in [-0.25, -0.2) is 0 Å². The van der Waals surface area contributed by atoms with Crippen LogP contribution >= 0.6 is 0 Å². The van der Waals surface area contributed by atoms with Crippen molar-refractivity contribution < 1.29 is 19.1 Å². The van der Waals surface area contributed by atoms with Crippen LogP contribution in [0.2, 0.25) is 0 Å². The van der Waals surface area contributed by atoms with E-state index in [-0.39, 0.29) is 35.7 Å². The summed E-state index contributed by atoms with van der Waals surface area (Å²) in [7, 11) is 2.13. The predicted molar refractivity (Wildman–Crippen MR) is 179 cm³/mol. The molecule has 0 saturated carbocycles. The molecule has 2 aliphatic rings. The average molecular weight is 677 g/mol. The van der Waals surface area contributed by atoms with Gasteiger partial charge in [-0.2, -0.15) is 0 Å². The first kappa shape index (κ1) is 32.8. The Morgan fingerprint density at radius 2 is 1.58 bits per heavy atom. The van der Waals surface area contributed by atoms with E-state index in [2.05, 4.69) is 41.1 Å². The number of para-hydroxylation sites is 1. The van der Waals surface area contributed by atoms with Gasteiger partial charge in [-0.1, -0.05) is 0 Å². The number of amides is 2. The monoisotopic (exact) mass is 676 g/mol. The fourth-order valence-corrected chi connectivity index (χ4v) is 7.84. The van der Waals surface area contributed by atoms with E-state index in [9.17, 15) is 14.4 Å². The van der Waals surface area contributed by atoms with Gasteiger partial charge < -0.3 is 0 Å². The minimum absolute atomic E-state index is 0.0304. The first-order valence-electron chi connectivity index (χ1n) is 15.8. The molecule has 0 radical (unpaired) electrons. The van der Waals surface area contributed by atoms with Crippen LogP contribution in [0.3, 0.4) is 0 Å². The molecule has 1 unspecified atom stereocenters. The molecule has 3 aromatic rings. The third kappa shape index (κ3) is 7.61. The molecule has 5 rings (SSSR count). The van der Waals surface area contributed by atoms with Crippen molar-refractivity contribution in [3.05, 3.63) is 70.4 Å². The molecule has 1 aromatic heterocycles. The van der Waals surface area contributed by atoms with Crippen molar-refractivity contribution in [2.45, 2.75) is 60.5 Å². The summed E-state index contributed by atoms with van der Waals surface area (Å²) in [6, 6.07) is 13.7. The zero-order valence-corrected chi connectivity index (χ0v) is 29.4. The predicted octanol–water partition coefficient (Wildman–Crippen LogP) is 4.24. The first-order chi connectivity index (χ1) is 21.5. The van der Waals surface area contributed by atoms with Gasteiger partial charge in [0, 0.05) is 0 Å². The van der Waals surface area contributed by atoms with Gasteiger partial charge in [-0.05, 0) is 0 Å². The van der Waals surface area contributed by atoms with Crippen LogP contribution in [0.5, 0.6) is 0 Å². The molecule has 2 amide bonds. The zero-order valence-electron chi connectivity index (χ0n) is 27.3. The van der Waals surface area contributed by atoms with Crippen molar-refractivity contribution in [3.63, 3.8) is 0 Å². The van der Waals surface area contributed by atoms with Crippen LogP contribution in [0.1, 0.15) is 67.4 Å². The van der Waals surface area contributed by atoms with Crippen LogP contribution in [0, 0.1) is 5.41 Å². The summed E-state index contributed by atoms with van der Waals surface area (Å²) in [4.78, 5) is 46.7. The number of rotatable bonds is 8. The van der Waals surface area contributed by atoms with Crippen molar-refractivity contribution in [2.75, 3.05) is 50.1 Å². The molecule has 2 aliphatic heterocycles. The molecule has 0 aliphatic carbocycles. The van der Waals surface area contributed by atoms with E-state index >= 15 is 0 Å². The van der Waals surface area contributed by atoms with E-state index in [1.54, 1.807) is 4.90 Å².